The van der Waals surface area contributed by atoms with E-state index in [-0.39, 0.29) is 17.4 Å². The van der Waals surface area contributed by atoms with Crippen molar-refractivity contribution in [2.24, 2.45) is 0 Å². The van der Waals surface area contributed by atoms with E-state index in [4.69, 9.17) is 5.11 Å². The van der Waals surface area contributed by atoms with Crippen molar-refractivity contribution in [3.8, 4) is 0 Å². The van der Waals surface area contributed by atoms with Crippen LogP contribution in [0.4, 0.5) is 5.82 Å². The summed E-state index contributed by atoms with van der Waals surface area (Å²) in [6, 6.07) is 6.24. The summed E-state index contributed by atoms with van der Waals surface area (Å²) in [5.74, 6) is -1.38. The lowest BCUT2D eigenvalue weighted by atomic mass is 10.2. The predicted octanol–water partition coefficient (Wildman–Crippen LogP) is 1.24. The first-order valence-electron chi connectivity index (χ1n) is 5.66. The molecule has 0 saturated heterocycles. The minimum Gasteiger partial charge on any atom is -0.477 e. The van der Waals surface area contributed by atoms with Gasteiger partial charge in [0, 0.05) is 11.6 Å². The molecule has 3 rings (SSSR count). The molecule has 20 heavy (non-hydrogen) atoms. The van der Waals surface area contributed by atoms with E-state index < -0.39 is 5.97 Å². The van der Waals surface area contributed by atoms with Crippen LogP contribution in [-0.4, -0.2) is 37.1 Å². The second-order valence-corrected chi connectivity index (χ2v) is 4.06. The number of hydrogen-bond donors (Lipinski definition) is 4. The van der Waals surface area contributed by atoms with E-state index in [1.807, 2.05) is 0 Å². The maximum atomic E-state index is 12.0. The first kappa shape index (κ1) is 11.9. The van der Waals surface area contributed by atoms with Gasteiger partial charge in [-0.15, -0.1) is 0 Å². The molecule has 100 valence electrons. The molecule has 8 heteroatoms. The predicted molar refractivity (Wildman–Crippen MR) is 69.6 cm³/mol. The highest BCUT2D eigenvalue weighted by Crippen LogP contribution is 2.13. The maximum Gasteiger partial charge on any atom is 0.353 e. The van der Waals surface area contributed by atoms with Gasteiger partial charge >= 0.3 is 5.97 Å². The number of aromatic carboxylic acids is 1. The molecular formula is C12H9N5O3. The zero-order valence-corrected chi connectivity index (χ0v) is 10.0. The molecule has 0 unspecified atom stereocenters. The van der Waals surface area contributed by atoms with Crippen molar-refractivity contribution in [3.63, 3.8) is 0 Å². The van der Waals surface area contributed by atoms with Crippen LogP contribution in [0.2, 0.25) is 0 Å². The molecule has 0 fully saturated rings. The molecular weight excluding hydrogens is 262 g/mol. The summed E-state index contributed by atoms with van der Waals surface area (Å²) >= 11 is 0. The van der Waals surface area contributed by atoms with Gasteiger partial charge in [-0.05, 0) is 18.2 Å². The third-order valence-electron chi connectivity index (χ3n) is 2.73. The Morgan fingerprint density at radius 3 is 2.85 bits per heavy atom. The summed E-state index contributed by atoms with van der Waals surface area (Å²) in [4.78, 5) is 29.7. The first-order valence-corrected chi connectivity index (χ1v) is 5.66. The van der Waals surface area contributed by atoms with Crippen LogP contribution in [0.3, 0.4) is 0 Å². The second kappa shape index (κ2) is 4.50. The fourth-order valence-corrected chi connectivity index (χ4v) is 1.76. The van der Waals surface area contributed by atoms with Crippen LogP contribution < -0.4 is 5.32 Å². The van der Waals surface area contributed by atoms with E-state index in [0.717, 1.165) is 11.0 Å². The van der Waals surface area contributed by atoms with Gasteiger partial charge in [0.2, 0.25) is 0 Å². The van der Waals surface area contributed by atoms with Gasteiger partial charge in [-0.3, -0.25) is 9.89 Å². The third-order valence-corrected chi connectivity index (χ3v) is 2.73. The Bertz CT molecular complexity index is 804. The molecule has 0 spiro atoms. The summed E-state index contributed by atoms with van der Waals surface area (Å²) in [5, 5.41) is 17.3. The van der Waals surface area contributed by atoms with Crippen molar-refractivity contribution >= 4 is 28.7 Å². The Hall–Kier alpha value is -3.16. The summed E-state index contributed by atoms with van der Waals surface area (Å²) < 4.78 is 0. The number of anilines is 1. The van der Waals surface area contributed by atoms with Gasteiger partial charge in [0.15, 0.2) is 5.82 Å². The molecule has 1 amide bonds. The molecule has 2 heterocycles. The number of rotatable bonds is 3. The molecule has 1 aromatic carbocycles. The standard InChI is InChI=1S/C12H9N5O3/c18-11(15-10-4-9(12(19)20)16-17-10)6-1-2-7-8(3-6)14-5-13-7/h1-5H,(H,13,14)(H,19,20)(H2,15,16,17,18). The highest BCUT2D eigenvalue weighted by Gasteiger charge is 2.12. The smallest absolute Gasteiger partial charge is 0.353 e. The topological polar surface area (TPSA) is 124 Å². The number of carboxylic acid groups (broad SMARTS) is 1. The molecule has 0 aliphatic heterocycles. The van der Waals surface area contributed by atoms with Crippen LogP contribution in [0.1, 0.15) is 20.8 Å². The zero-order valence-electron chi connectivity index (χ0n) is 10.0. The Kier molecular flexibility index (Phi) is 2.68. The van der Waals surface area contributed by atoms with Crippen molar-refractivity contribution in [1.29, 1.82) is 0 Å². The number of nitrogens with one attached hydrogen (secondary N) is 3. The van der Waals surface area contributed by atoms with Crippen LogP contribution in [0.5, 0.6) is 0 Å². The highest BCUT2D eigenvalue weighted by molar-refractivity contribution is 6.05. The summed E-state index contributed by atoms with van der Waals surface area (Å²) in [7, 11) is 0. The fourth-order valence-electron chi connectivity index (χ4n) is 1.76. The highest BCUT2D eigenvalue weighted by atomic mass is 16.4. The molecule has 2 aromatic heterocycles. The number of hydrogen-bond acceptors (Lipinski definition) is 4. The quantitative estimate of drug-likeness (QED) is 0.570. The van der Waals surface area contributed by atoms with Crippen LogP contribution in [0.15, 0.2) is 30.6 Å². The van der Waals surface area contributed by atoms with Crippen LogP contribution in [0, 0.1) is 0 Å². The van der Waals surface area contributed by atoms with Crippen molar-refractivity contribution in [2.75, 3.05) is 5.32 Å². The van der Waals surface area contributed by atoms with Gasteiger partial charge in [0.05, 0.1) is 17.4 Å². The van der Waals surface area contributed by atoms with Gasteiger partial charge in [0.1, 0.15) is 5.69 Å². The van der Waals surface area contributed by atoms with Crippen molar-refractivity contribution in [2.45, 2.75) is 0 Å². The number of carbonyl (C=O) groups is 2. The van der Waals surface area contributed by atoms with Crippen LogP contribution in [0.25, 0.3) is 11.0 Å². The largest absolute Gasteiger partial charge is 0.477 e. The minimum atomic E-state index is -1.14. The monoisotopic (exact) mass is 271 g/mol. The number of fused-ring (bicyclic) bond motifs is 1. The van der Waals surface area contributed by atoms with Crippen LogP contribution in [-0.2, 0) is 0 Å². The number of aromatic nitrogens is 4. The number of benzene rings is 1. The van der Waals surface area contributed by atoms with E-state index >= 15 is 0 Å². The molecule has 8 nitrogen and oxygen atoms in total. The maximum absolute atomic E-state index is 12.0. The number of carbonyl (C=O) groups excluding carboxylic acids is 1. The normalized spacial score (nSPS) is 10.6. The van der Waals surface area contributed by atoms with E-state index in [0.29, 0.717) is 5.56 Å². The van der Waals surface area contributed by atoms with Gasteiger partial charge in [0.25, 0.3) is 5.91 Å². The Balaban J connectivity index is 1.82. The SMILES string of the molecule is O=C(Nc1cc(C(=O)O)[nH]n1)c1ccc2nc[nH]c2c1. The minimum absolute atomic E-state index is 0.0932. The van der Waals surface area contributed by atoms with Gasteiger partial charge in [-0.2, -0.15) is 5.10 Å². The van der Waals surface area contributed by atoms with E-state index in [9.17, 15) is 9.59 Å². The van der Waals surface area contributed by atoms with Gasteiger partial charge in [-0.1, -0.05) is 0 Å². The van der Waals surface area contributed by atoms with Crippen molar-refractivity contribution in [1.82, 2.24) is 20.2 Å². The van der Waals surface area contributed by atoms with Gasteiger partial charge in [-0.25, -0.2) is 9.78 Å². The Labute approximate surface area is 111 Å². The number of carboxylic acids is 1. The molecule has 0 aliphatic carbocycles. The molecule has 0 bridgehead atoms. The molecule has 0 aliphatic rings. The van der Waals surface area contributed by atoms with Crippen molar-refractivity contribution in [3.05, 3.63) is 41.9 Å². The number of nitrogens with zero attached hydrogens (tertiary/aromatic N) is 2. The molecule has 4 N–H and O–H groups in total. The number of H-pyrrole nitrogens is 2. The Morgan fingerprint density at radius 2 is 2.10 bits per heavy atom. The average Bonchev–Trinajstić information content (AvgIpc) is 3.05. The summed E-state index contributed by atoms with van der Waals surface area (Å²) in [6.45, 7) is 0. The number of aromatic amines is 2. The third kappa shape index (κ3) is 2.09. The molecule has 3 aromatic rings. The summed E-state index contributed by atoms with van der Waals surface area (Å²) in [6.07, 6.45) is 1.54. The zero-order chi connectivity index (χ0) is 14.1. The Morgan fingerprint density at radius 1 is 1.25 bits per heavy atom. The van der Waals surface area contributed by atoms with Gasteiger partial charge < -0.3 is 15.4 Å². The molecule has 0 saturated carbocycles. The van der Waals surface area contributed by atoms with E-state index in [1.54, 1.807) is 24.5 Å². The second-order valence-electron chi connectivity index (χ2n) is 4.06. The van der Waals surface area contributed by atoms with E-state index in [1.165, 1.54) is 6.07 Å². The lowest BCUT2D eigenvalue weighted by Crippen LogP contribution is -2.12. The number of amides is 1. The summed E-state index contributed by atoms with van der Waals surface area (Å²) in [5.41, 5.74) is 1.83. The van der Waals surface area contributed by atoms with Crippen molar-refractivity contribution < 1.29 is 14.7 Å². The average molecular weight is 271 g/mol. The first-order chi connectivity index (χ1) is 9.63. The fraction of sp³-hybridized carbons (Fsp3) is 0. The lowest BCUT2D eigenvalue weighted by Gasteiger charge is -2.01. The molecule has 0 radical (unpaired) electrons. The lowest BCUT2D eigenvalue weighted by molar-refractivity contribution is 0.0690. The van der Waals surface area contributed by atoms with Crippen LogP contribution >= 0.6 is 0 Å². The van der Waals surface area contributed by atoms with E-state index in [2.05, 4.69) is 25.5 Å². The molecule has 0 atom stereocenters. The number of imidazole rings is 1.